The van der Waals surface area contributed by atoms with Crippen molar-refractivity contribution in [1.82, 2.24) is 9.78 Å². The van der Waals surface area contributed by atoms with Gasteiger partial charge in [-0.1, -0.05) is 36.4 Å². The normalized spacial score (nSPS) is 11.1. The number of halogens is 1. The molecule has 0 bridgehead atoms. The molecule has 0 N–H and O–H groups in total. The van der Waals surface area contributed by atoms with Crippen molar-refractivity contribution in [2.24, 2.45) is 0 Å². The molecule has 4 aromatic rings. The molecule has 0 aliphatic rings. The van der Waals surface area contributed by atoms with Crippen molar-refractivity contribution in [3.63, 3.8) is 0 Å². The van der Waals surface area contributed by atoms with Crippen molar-refractivity contribution >= 4 is 45.8 Å². The van der Waals surface area contributed by atoms with Gasteiger partial charge in [-0.2, -0.15) is 5.10 Å². The molecule has 5 heteroatoms. The summed E-state index contributed by atoms with van der Waals surface area (Å²) in [7, 11) is 0. The number of para-hydroxylation sites is 1. The maximum atomic E-state index is 12.5. The predicted molar refractivity (Wildman–Crippen MR) is 119 cm³/mol. The first-order valence-electron chi connectivity index (χ1n) is 8.38. The first-order valence-corrected chi connectivity index (χ1v) is 10.3. The van der Waals surface area contributed by atoms with Crippen LogP contribution >= 0.6 is 33.9 Å². The largest absolute Gasteiger partial charge is 0.289 e. The molecule has 0 aliphatic heterocycles. The predicted octanol–water partition coefficient (Wildman–Crippen LogP) is 6.10. The summed E-state index contributed by atoms with van der Waals surface area (Å²) in [6.45, 7) is 0. The highest BCUT2D eigenvalue weighted by molar-refractivity contribution is 14.1. The van der Waals surface area contributed by atoms with Gasteiger partial charge in [0.05, 0.1) is 10.6 Å². The van der Waals surface area contributed by atoms with Crippen LogP contribution in [0, 0.1) is 3.57 Å². The zero-order valence-electron chi connectivity index (χ0n) is 14.2. The number of thiophene rings is 1. The van der Waals surface area contributed by atoms with E-state index in [0.717, 1.165) is 25.4 Å². The van der Waals surface area contributed by atoms with Crippen LogP contribution in [0.25, 0.3) is 22.3 Å². The summed E-state index contributed by atoms with van der Waals surface area (Å²) in [5.41, 5.74) is 3.46. The Labute approximate surface area is 175 Å². The zero-order valence-corrected chi connectivity index (χ0v) is 17.2. The number of allylic oxidation sites excluding steroid dienone is 1. The van der Waals surface area contributed by atoms with Gasteiger partial charge in [0.1, 0.15) is 5.69 Å². The highest BCUT2D eigenvalue weighted by atomic mass is 127. The van der Waals surface area contributed by atoms with Gasteiger partial charge in [0.15, 0.2) is 5.78 Å². The second kappa shape index (κ2) is 8.02. The van der Waals surface area contributed by atoms with E-state index in [-0.39, 0.29) is 5.78 Å². The van der Waals surface area contributed by atoms with Gasteiger partial charge in [-0.05, 0) is 70.5 Å². The fourth-order valence-electron chi connectivity index (χ4n) is 2.70. The average molecular weight is 482 g/mol. The number of hydrogen-bond acceptors (Lipinski definition) is 3. The molecular formula is C22H15IN2OS. The fraction of sp³-hybridized carbons (Fsp3) is 0. The standard InChI is InChI=1S/C22H15IN2OS/c23-18-11-8-16(9-12-18)20(26)13-10-17-15-25(19-5-2-1-3-6-19)24-22(17)21-7-4-14-27-21/h1-15H. The van der Waals surface area contributed by atoms with E-state index in [4.69, 9.17) is 5.10 Å². The molecule has 132 valence electrons. The lowest BCUT2D eigenvalue weighted by Crippen LogP contribution is -1.93. The van der Waals surface area contributed by atoms with Gasteiger partial charge in [-0.3, -0.25) is 4.79 Å². The smallest absolute Gasteiger partial charge is 0.185 e. The third-order valence-electron chi connectivity index (χ3n) is 4.06. The number of carbonyl (C=O) groups is 1. The molecule has 0 aliphatic carbocycles. The van der Waals surface area contributed by atoms with Gasteiger partial charge >= 0.3 is 0 Å². The molecule has 0 saturated heterocycles. The van der Waals surface area contributed by atoms with Gasteiger partial charge in [-0.15, -0.1) is 11.3 Å². The lowest BCUT2D eigenvalue weighted by molar-refractivity contribution is 0.104. The molecule has 2 aromatic carbocycles. The van der Waals surface area contributed by atoms with E-state index in [1.807, 2.05) is 89.1 Å². The fourth-order valence-corrected chi connectivity index (χ4v) is 3.79. The summed E-state index contributed by atoms with van der Waals surface area (Å²) < 4.78 is 2.96. The van der Waals surface area contributed by atoms with Crippen LogP contribution in [0.5, 0.6) is 0 Å². The van der Waals surface area contributed by atoms with Crippen LogP contribution in [0.2, 0.25) is 0 Å². The Balaban J connectivity index is 1.69. The number of benzene rings is 2. The molecule has 0 saturated carbocycles. The first kappa shape index (κ1) is 17.9. The van der Waals surface area contributed by atoms with Crippen molar-refractivity contribution in [3.05, 3.63) is 99.1 Å². The molecular weight excluding hydrogens is 467 g/mol. The van der Waals surface area contributed by atoms with Crippen molar-refractivity contribution < 1.29 is 4.79 Å². The molecule has 0 amide bonds. The molecule has 2 heterocycles. The van der Waals surface area contributed by atoms with E-state index in [1.54, 1.807) is 17.4 Å². The first-order chi connectivity index (χ1) is 13.2. The van der Waals surface area contributed by atoms with Crippen LogP contribution < -0.4 is 0 Å². The highest BCUT2D eigenvalue weighted by Crippen LogP contribution is 2.28. The molecule has 3 nitrogen and oxygen atoms in total. The number of carbonyl (C=O) groups excluding carboxylic acids is 1. The average Bonchev–Trinajstić information content (AvgIpc) is 3.37. The Morgan fingerprint density at radius 1 is 1.00 bits per heavy atom. The van der Waals surface area contributed by atoms with Crippen LogP contribution in [0.4, 0.5) is 0 Å². The number of ketones is 1. The Morgan fingerprint density at radius 3 is 2.48 bits per heavy atom. The molecule has 0 radical (unpaired) electrons. The Hall–Kier alpha value is -2.51. The third kappa shape index (κ3) is 4.09. The third-order valence-corrected chi connectivity index (χ3v) is 5.66. The molecule has 2 aromatic heterocycles. The van der Waals surface area contributed by atoms with Gasteiger partial charge in [0.2, 0.25) is 0 Å². The SMILES string of the molecule is O=C(C=Cc1cn(-c2ccccc2)nc1-c1cccs1)c1ccc(I)cc1. The zero-order chi connectivity index (χ0) is 18.6. The molecule has 27 heavy (non-hydrogen) atoms. The maximum Gasteiger partial charge on any atom is 0.185 e. The van der Waals surface area contributed by atoms with Crippen LogP contribution in [0.15, 0.2) is 84.4 Å². The van der Waals surface area contributed by atoms with Crippen molar-refractivity contribution in [2.45, 2.75) is 0 Å². The molecule has 0 fully saturated rings. The number of rotatable bonds is 5. The van der Waals surface area contributed by atoms with Crippen molar-refractivity contribution in [3.8, 4) is 16.3 Å². The van der Waals surface area contributed by atoms with Crippen molar-refractivity contribution in [1.29, 1.82) is 0 Å². The van der Waals surface area contributed by atoms with Crippen molar-refractivity contribution in [2.75, 3.05) is 0 Å². The quantitative estimate of drug-likeness (QED) is 0.196. The summed E-state index contributed by atoms with van der Waals surface area (Å²) >= 11 is 3.87. The summed E-state index contributed by atoms with van der Waals surface area (Å²) in [5.74, 6) is -0.0176. The summed E-state index contributed by atoms with van der Waals surface area (Å²) in [6.07, 6.45) is 5.43. The van der Waals surface area contributed by atoms with Crippen LogP contribution in [0.1, 0.15) is 15.9 Å². The number of hydrogen-bond donors (Lipinski definition) is 0. The minimum atomic E-state index is -0.0176. The summed E-state index contributed by atoms with van der Waals surface area (Å²) in [4.78, 5) is 13.6. The lowest BCUT2D eigenvalue weighted by Gasteiger charge is -1.99. The second-order valence-corrected chi connectivity index (χ2v) is 8.09. The van der Waals surface area contributed by atoms with Crippen LogP contribution in [0.3, 0.4) is 0 Å². The van der Waals surface area contributed by atoms with Gasteiger partial charge in [-0.25, -0.2) is 4.68 Å². The van der Waals surface area contributed by atoms with E-state index in [0.29, 0.717) is 5.56 Å². The van der Waals surface area contributed by atoms with E-state index in [9.17, 15) is 4.79 Å². The molecule has 0 atom stereocenters. The minimum Gasteiger partial charge on any atom is -0.289 e. The Kier molecular flexibility index (Phi) is 5.31. The monoisotopic (exact) mass is 482 g/mol. The van der Waals surface area contributed by atoms with E-state index < -0.39 is 0 Å². The number of aromatic nitrogens is 2. The second-order valence-electron chi connectivity index (χ2n) is 5.89. The highest BCUT2D eigenvalue weighted by Gasteiger charge is 2.12. The lowest BCUT2D eigenvalue weighted by atomic mass is 10.1. The summed E-state index contributed by atoms with van der Waals surface area (Å²) in [5, 5.41) is 6.78. The van der Waals surface area contributed by atoms with Crippen LogP contribution in [-0.2, 0) is 0 Å². The van der Waals surface area contributed by atoms with Gasteiger partial charge < -0.3 is 0 Å². The molecule has 0 spiro atoms. The molecule has 4 rings (SSSR count). The number of nitrogens with zero attached hydrogens (tertiary/aromatic N) is 2. The Bertz CT molecular complexity index is 1080. The van der Waals surface area contributed by atoms with Gasteiger partial charge in [0, 0.05) is 20.9 Å². The molecule has 0 unspecified atom stereocenters. The van der Waals surface area contributed by atoms with Gasteiger partial charge in [0.25, 0.3) is 0 Å². The minimum absolute atomic E-state index is 0.0176. The van der Waals surface area contributed by atoms with E-state index in [1.165, 1.54) is 0 Å². The Morgan fingerprint density at radius 2 is 1.78 bits per heavy atom. The summed E-state index contributed by atoms with van der Waals surface area (Å²) in [6, 6.07) is 21.6. The van der Waals surface area contributed by atoms with E-state index in [2.05, 4.69) is 22.6 Å². The van der Waals surface area contributed by atoms with E-state index >= 15 is 0 Å². The topological polar surface area (TPSA) is 34.9 Å². The van der Waals surface area contributed by atoms with Crippen LogP contribution in [-0.4, -0.2) is 15.6 Å². The maximum absolute atomic E-state index is 12.5.